The molecule has 34 heavy (non-hydrogen) atoms. The largest absolute Gasteiger partial charge is 0.489 e. The normalized spacial score (nSPS) is 18.5. The van der Waals surface area contributed by atoms with Gasteiger partial charge in [0.05, 0.1) is 0 Å². The van der Waals surface area contributed by atoms with Gasteiger partial charge in [-0.05, 0) is 61.4 Å². The number of ether oxygens (including phenoxy) is 2. The van der Waals surface area contributed by atoms with Gasteiger partial charge >= 0.3 is 0 Å². The number of carbonyl (C=O) groups is 1. The third-order valence-electron chi connectivity index (χ3n) is 6.17. The topological polar surface area (TPSA) is 42.0 Å². The molecule has 0 bridgehead atoms. The van der Waals surface area contributed by atoms with Crippen LogP contribution in [0.15, 0.2) is 78.9 Å². The molecular weight excluding hydrogens is 431 g/mol. The summed E-state index contributed by atoms with van der Waals surface area (Å²) < 4.78 is 24.7. The van der Waals surface area contributed by atoms with Crippen LogP contribution in [0.4, 0.5) is 4.39 Å². The average Bonchev–Trinajstić information content (AvgIpc) is 2.86. The van der Waals surface area contributed by atoms with Gasteiger partial charge in [0.25, 0.3) is 5.91 Å². The number of rotatable bonds is 8. The number of halogens is 1. The number of hydrogen-bond donors (Lipinski definition) is 0. The van der Waals surface area contributed by atoms with Crippen LogP contribution in [0.25, 0.3) is 0 Å². The smallest absolute Gasteiger partial charge is 0.260 e. The van der Waals surface area contributed by atoms with Crippen LogP contribution in [0, 0.1) is 5.82 Å². The van der Waals surface area contributed by atoms with Crippen molar-refractivity contribution in [3.05, 3.63) is 95.8 Å². The lowest BCUT2D eigenvalue weighted by Gasteiger charge is -2.44. The molecule has 0 aliphatic carbocycles. The Balaban J connectivity index is 1.24. The van der Waals surface area contributed by atoms with Gasteiger partial charge in [0.15, 0.2) is 6.61 Å². The van der Waals surface area contributed by atoms with Gasteiger partial charge in [-0.2, -0.15) is 0 Å². The fraction of sp³-hybridized carbons (Fsp3) is 0.321. The minimum atomic E-state index is -0.227. The van der Waals surface area contributed by atoms with Crippen LogP contribution in [-0.4, -0.2) is 47.5 Å². The van der Waals surface area contributed by atoms with Crippen LogP contribution in [0.2, 0.25) is 0 Å². The molecule has 0 N–H and O–H groups in total. The quantitative estimate of drug-likeness (QED) is 0.477. The molecule has 1 saturated heterocycles. The summed E-state index contributed by atoms with van der Waals surface area (Å²) in [7, 11) is 0. The number of nitrogens with zero attached hydrogens (tertiary/aromatic N) is 2. The van der Waals surface area contributed by atoms with Gasteiger partial charge in [-0.15, -0.1) is 0 Å². The molecule has 1 heterocycles. The summed E-state index contributed by atoms with van der Waals surface area (Å²) in [6, 6.07) is 24.2. The second kappa shape index (κ2) is 11.2. The molecule has 0 radical (unpaired) electrons. The van der Waals surface area contributed by atoms with Gasteiger partial charge in [0.1, 0.15) is 23.9 Å². The minimum Gasteiger partial charge on any atom is -0.489 e. The van der Waals surface area contributed by atoms with Crippen molar-refractivity contribution in [3.63, 3.8) is 0 Å². The Morgan fingerprint density at radius 1 is 0.824 bits per heavy atom. The molecule has 1 aliphatic heterocycles. The average molecular weight is 463 g/mol. The van der Waals surface area contributed by atoms with Crippen molar-refractivity contribution in [1.82, 2.24) is 9.80 Å². The predicted octanol–water partition coefficient (Wildman–Crippen LogP) is 4.90. The Morgan fingerprint density at radius 3 is 2.15 bits per heavy atom. The summed E-state index contributed by atoms with van der Waals surface area (Å²) in [4.78, 5) is 17.1. The van der Waals surface area contributed by atoms with E-state index < -0.39 is 0 Å². The molecule has 178 valence electrons. The second-order valence-electron chi connectivity index (χ2n) is 8.83. The fourth-order valence-corrected chi connectivity index (χ4v) is 4.19. The summed E-state index contributed by atoms with van der Waals surface area (Å²) in [5.74, 6) is 1.14. The van der Waals surface area contributed by atoms with Crippen molar-refractivity contribution >= 4 is 5.91 Å². The lowest BCUT2D eigenvalue weighted by molar-refractivity contribution is -0.139. The lowest BCUT2D eigenvalue weighted by Crippen LogP contribution is -2.58. The molecule has 1 aliphatic rings. The lowest BCUT2D eigenvalue weighted by atomic mass is 10.1. The molecule has 5 nitrogen and oxygen atoms in total. The van der Waals surface area contributed by atoms with Gasteiger partial charge in [0.2, 0.25) is 0 Å². The monoisotopic (exact) mass is 462 g/mol. The first-order valence-electron chi connectivity index (χ1n) is 11.7. The molecule has 2 unspecified atom stereocenters. The zero-order valence-corrected chi connectivity index (χ0v) is 19.7. The Kier molecular flexibility index (Phi) is 7.80. The van der Waals surface area contributed by atoms with Crippen LogP contribution >= 0.6 is 0 Å². The highest BCUT2D eigenvalue weighted by Gasteiger charge is 2.32. The second-order valence-corrected chi connectivity index (χ2v) is 8.83. The van der Waals surface area contributed by atoms with Crippen LogP contribution in [0.1, 0.15) is 25.0 Å². The number of carbonyl (C=O) groups excluding carboxylic acids is 1. The number of amides is 1. The molecular formula is C28H31FN2O3. The molecule has 2 atom stereocenters. The molecule has 3 aromatic carbocycles. The molecule has 1 amide bonds. The standard InChI is InChI=1S/C28H31FN2O3/c1-21-17-31(22(2)16-30(21)18-23-8-10-25(29)11-9-23)28(32)20-34-27-14-12-26(13-15-27)33-19-24-6-4-3-5-7-24/h3-15,21-22H,16-20H2,1-2H3. The van der Waals surface area contributed by atoms with Crippen molar-refractivity contribution < 1.29 is 18.7 Å². The van der Waals surface area contributed by atoms with E-state index >= 15 is 0 Å². The van der Waals surface area contributed by atoms with E-state index in [1.807, 2.05) is 71.6 Å². The molecule has 4 rings (SSSR count). The molecule has 0 spiro atoms. The summed E-state index contributed by atoms with van der Waals surface area (Å²) in [6.45, 7) is 6.81. The van der Waals surface area contributed by atoms with Gasteiger partial charge in [0, 0.05) is 31.7 Å². The van der Waals surface area contributed by atoms with E-state index in [2.05, 4.69) is 18.7 Å². The number of hydrogen-bond acceptors (Lipinski definition) is 4. The maximum absolute atomic E-state index is 13.2. The Hall–Kier alpha value is -3.38. The first-order valence-corrected chi connectivity index (χ1v) is 11.7. The summed E-state index contributed by atoms with van der Waals surface area (Å²) in [5.41, 5.74) is 2.18. The van der Waals surface area contributed by atoms with Gasteiger partial charge in [-0.1, -0.05) is 42.5 Å². The SMILES string of the molecule is CC1CN(C(=O)COc2ccc(OCc3ccccc3)cc2)C(C)CN1Cc1ccc(F)cc1. The minimum absolute atomic E-state index is 0.000753. The van der Waals surface area contributed by atoms with E-state index in [0.717, 1.165) is 30.0 Å². The van der Waals surface area contributed by atoms with E-state index in [9.17, 15) is 9.18 Å². The highest BCUT2D eigenvalue weighted by atomic mass is 19.1. The van der Waals surface area contributed by atoms with Crippen LogP contribution in [-0.2, 0) is 17.9 Å². The maximum atomic E-state index is 13.2. The summed E-state index contributed by atoms with van der Waals surface area (Å²) in [6.07, 6.45) is 0. The highest BCUT2D eigenvalue weighted by molar-refractivity contribution is 5.78. The molecule has 0 saturated carbocycles. The van der Waals surface area contributed by atoms with Crippen molar-refractivity contribution in [2.24, 2.45) is 0 Å². The Bertz CT molecular complexity index is 1060. The van der Waals surface area contributed by atoms with Crippen molar-refractivity contribution in [2.75, 3.05) is 19.7 Å². The van der Waals surface area contributed by atoms with Crippen LogP contribution in [0.3, 0.4) is 0 Å². The van der Waals surface area contributed by atoms with Crippen LogP contribution in [0.5, 0.6) is 11.5 Å². The third kappa shape index (κ3) is 6.35. The van der Waals surface area contributed by atoms with Crippen LogP contribution < -0.4 is 9.47 Å². The van der Waals surface area contributed by atoms with E-state index in [4.69, 9.17) is 9.47 Å². The Labute approximate surface area is 200 Å². The van der Waals surface area contributed by atoms with E-state index in [1.54, 1.807) is 0 Å². The fourth-order valence-electron chi connectivity index (χ4n) is 4.19. The first kappa shape index (κ1) is 23.8. The first-order chi connectivity index (χ1) is 16.5. The van der Waals surface area contributed by atoms with Gasteiger partial charge in [-0.25, -0.2) is 4.39 Å². The number of piperazine rings is 1. The van der Waals surface area contributed by atoms with E-state index in [0.29, 0.717) is 18.9 Å². The third-order valence-corrected chi connectivity index (χ3v) is 6.17. The molecule has 6 heteroatoms. The van der Waals surface area contributed by atoms with Gasteiger partial charge in [-0.3, -0.25) is 9.69 Å². The number of benzene rings is 3. The highest BCUT2D eigenvalue weighted by Crippen LogP contribution is 2.21. The van der Waals surface area contributed by atoms with Crippen molar-refractivity contribution in [3.8, 4) is 11.5 Å². The Morgan fingerprint density at radius 2 is 1.47 bits per heavy atom. The molecule has 0 aromatic heterocycles. The molecule has 3 aromatic rings. The zero-order valence-electron chi connectivity index (χ0n) is 19.7. The summed E-state index contributed by atoms with van der Waals surface area (Å²) >= 11 is 0. The molecule has 1 fully saturated rings. The maximum Gasteiger partial charge on any atom is 0.260 e. The van der Waals surface area contributed by atoms with Gasteiger partial charge < -0.3 is 14.4 Å². The van der Waals surface area contributed by atoms with E-state index in [1.165, 1.54) is 12.1 Å². The van der Waals surface area contributed by atoms with E-state index in [-0.39, 0.29) is 30.4 Å². The van der Waals surface area contributed by atoms with Crippen molar-refractivity contribution in [1.29, 1.82) is 0 Å². The summed E-state index contributed by atoms with van der Waals surface area (Å²) in [5, 5.41) is 0. The predicted molar refractivity (Wildman–Crippen MR) is 130 cm³/mol. The zero-order chi connectivity index (χ0) is 23.9. The van der Waals surface area contributed by atoms with Crippen molar-refractivity contribution in [2.45, 2.75) is 39.1 Å².